The van der Waals surface area contributed by atoms with Crippen molar-refractivity contribution in [2.75, 3.05) is 6.61 Å². The smallest absolute Gasteiger partial charge is 0.261 e. The van der Waals surface area contributed by atoms with E-state index < -0.39 is 9.05 Å². The summed E-state index contributed by atoms with van der Waals surface area (Å²) in [4.78, 5) is 4.15. The first kappa shape index (κ1) is 15.3. The second-order valence-corrected chi connectivity index (χ2v) is 7.47. The van der Waals surface area contributed by atoms with Gasteiger partial charge in [0.1, 0.15) is 18.2 Å². The van der Waals surface area contributed by atoms with Crippen molar-refractivity contribution >= 4 is 35.7 Å². The van der Waals surface area contributed by atoms with Crippen molar-refractivity contribution in [3.8, 4) is 5.75 Å². The number of benzene rings is 1. The lowest BCUT2D eigenvalue weighted by Gasteiger charge is -2.10. The van der Waals surface area contributed by atoms with Crippen LogP contribution in [-0.4, -0.2) is 24.6 Å². The molecule has 0 unspecified atom stereocenters. The van der Waals surface area contributed by atoms with Crippen molar-refractivity contribution in [1.82, 2.24) is 9.55 Å². The van der Waals surface area contributed by atoms with Crippen LogP contribution >= 0.6 is 26.6 Å². The van der Waals surface area contributed by atoms with Gasteiger partial charge >= 0.3 is 0 Å². The van der Waals surface area contributed by atoms with Gasteiger partial charge in [-0.15, -0.1) is 0 Å². The third-order valence-corrected chi connectivity index (χ3v) is 4.67. The topological polar surface area (TPSA) is 61.2 Å². The van der Waals surface area contributed by atoms with Crippen molar-refractivity contribution in [3.05, 3.63) is 40.9 Å². The van der Waals surface area contributed by atoms with E-state index in [1.807, 2.05) is 17.7 Å². The van der Waals surface area contributed by atoms with Gasteiger partial charge in [-0.05, 0) is 41.1 Å². The van der Waals surface area contributed by atoms with E-state index in [0.717, 1.165) is 5.82 Å². The summed E-state index contributed by atoms with van der Waals surface area (Å²) in [5.41, 5.74) is 0. The molecular formula is C12H12BrClN2O3S. The Bertz CT molecular complexity index is 715. The zero-order chi connectivity index (χ0) is 14.8. The van der Waals surface area contributed by atoms with Crippen LogP contribution in [0.1, 0.15) is 5.82 Å². The minimum atomic E-state index is -3.73. The van der Waals surface area contributed by atoms with Crippen LogP contribution in [0.5, 0.6) is 5.75 Å². The van der Waals surface area contributed by atoms with Crippen LogP contribution in [0.2, 0.25) is 0 Å². The summed E-state index contributed by atoms with van der Waals surface area (Å²) in [5, 5.41) is 0. The maximum atomic E-state index is 11.2. The number of aryl methyl sites for hydroxylation is 1. The van der Waals surface area contributed by atoms with E-state index in [1.54, 1.807) is 12.3 Å². The molecule has 0 aliphatic heterocycles. The van der Waals surface area contributed by atoms with Gasteiger partial charge < -0.3 is 9.30 Å². The Morgan fingerprint density at radius 1 is 1.45 bits per heavy atom. The van der Waals surface area contributed by atoms with Crippen molar-refractivity contribution in [2.45, 2.75) is 18.4 Å². The molecular weight excluding hydrogens is 368 g/mol. The third-order valence-electron chi connectivity index (χ3n) is 2.70. The Kier molecular flexibility index (Phi) is 4.72. The van der Waals surface area contributed by atoms with E-state index in [0.29, 0.717) is 23.4 Å². The molecule has 2 rings (SSSR count). The van der Waals surface area contributed by atoms with Crippen LogP contribution in [0.25, 0.3) is 0 Å². The van der Waals surface area contributed by atoms with Crippen LogP contribution in [0.3, 0.4) is 0 Å². The molecule has 0 spiro atoms. The molecule has 20 heavy (non-hydrogen) atoms. The average Bonchev–Trinajstić information content (AvgIpc) is 2.76. The predicted octanol–water partition coefficient (Wildman–Crippen LogP) is 2.96. The standard InChI is InChI=1S/C12H12BrClN2O3S/c1-9-15-4-5-16(9)6-7-19-12-3-2-10(8-11(12)13)20(14,17)18/h2-5,8H,6-7H2,1H3. The maximum absolute atomic E-state index is 11.2. The van der Waals surface area contributed by atoms with E-state index in [2.05, 4.69) is 20.9 Å². The van der Waals surface area contributed by atoms with E-state index in [1.165, 1.54) is 12.1 Å². The highest BCUT2D eigenvalue weighted by Crippen LogP contribution is 2.29. The fraction of sp³-hybridized carbons (Fsp3) is 0.250. The van der Waals surface area contributed by atoms with Crippen molar-refractivity contribution in [1.29, 1.82) is 0 Å². The molecule has 2 aromatic rings. The van der Waals surface area contributed by atoms with E-state index in [4.69, 9.17) is 15.4 Å². The number of hydrogen-bond acceptors (Lipinski definition) is 4. The van der Waals surface area contributed by atoms with Gasteiger partial charge in [-0.1, -0.05) is 0 Å². The molecule has 0 amide bonds. The number of imidazole rings is 1. The minimum absolute atomic E-state index is 0.0313. The van der Waals surface area contributed by atoms with Crippen LogP contribution < -0.4 is 4.74 Å². The molecule has 108 valence electrons. The van der Waals surface area contributed by atoms with Gasteiger partial charge in [0, 0.05) is 23.1 Å². The molecule has 0 saturated heterocycles. The molecule has 0 radical (unpaired) electrons. The van der Waals surface area contributed by atoms with E-state index >= 15 is 0 Å². The highest BCUT2D eigenvalue weighted by Gasteiger charge is 2.12. The van der Waals surface area contributed by atoms with Crippen molar-refractivity contribution in [3.63, 3.8) is 0 Å². The Morgan fingerprint density at radius 2 is 2.20 bits per heavy atom. The van der Waals surface area contributed by atoms with E-state index in [9.17, 15) is 8.42 Å². The predicted molar refractivity (Wildman–Crippen MR) is 79.6 cm³/mol. The second kappa shape index (κ2) is 6.15. The van der Waals surface area contributed by atoms with Gasteiger partial charge in [-0.2, -0.15) is 0 Å². The largest absolute Gasteiger partial charge is 0.491 e. The van der Waals surface area contributed by atoms with Crippen molar-refractivity contribution in [2.24, 2.45) is 0 Å². The monoisotopic (exact) mass is 378 g/mol. The van der Waals surface area contributed by atoms with Gasteiger partial charge in [-0.3, -0.25) is 0 Å². The Hall–Kier alpha value is -1.05. The SMILES string of the molecule is Cc1nccn1CCOc1ccc(S(=O)(=O)Cl)cc1Br. The molecule has 0 aliphatic carbocycles. The zero-order valence-corrected chi connectivity index (χ0v) is 13.7. The highest BCUT2D eigenvalue weighted by molar-refractivity contribution is 9.10. The molecule has 0 aliphatic rings. The number of nitrogens with zero attached hydrogens (tertiary/aromatic N) is 2. The number of ether oxygens (including phenoxy) is 1. The quantitative estimate of drug-likeness (QED) is 0.749. The molecule has 0 N–H and O–H groups in total. The molecule has 1 aromatic heterocycles. The summed E-state index contributed by atoms with van der Waals surface area (Å²) >= 11 is 3.27. The lowest BCUT2D eigenvalue weighted by atomic mass is 10.3. The zero-order valence-electron chi connectivity index (χ0n) is 10.6. The van der Waals surface area contributed by atoms with Crippen molar-refractivity contribution < 1.29 is 13.2 Å². The molecule has 1 heterocycles. The first-order valence-electron chi connectivity index (χ1n) is 5.72. The summed E-state index contributed by atoms with van der Waals surface area (Å²) in [5.74, 6) is 1.48. The van der Waals surface area contributed by atoms with E-state index in [-0.39, 0.29) is 4.90 Å². The lowest BCUT2D eigenvalue weighted by Crippen LogP contribution is -2.09. The number of hydrogen-bond donors (Lipinski definition) is 0. The van der Waals surface area contributed by atoms with Gasteiger partial charge in [0.2, 0.25) is 0 Å². The minimum Gasteiger partial charge on any atom is -0.491 e. The fourth-order valence-corrected chi connectivity index (χ4v) is 3.07. The van der Waals surface area contributed by atoms with Crippen LogP contribution in [0.15, 0.2) is 40.0 Å². The Labute approximate surface area is 130 Å². The normalized spacial score (nSPS) is 11.6. The summed E-state index contributed by atoms with van der Waals surface area (Å²) in [7, 11) is 1.54. The first-order chi connectivity index (χ1) is 9.38. The lowest BCUT2D eigenvalue weighted by molar-refractivity contribution is 0.295. The third kappa shape index (κ3) is 3.74. The Morgan fingerprint density at radius 3 is 2.75 bits per heavy atom. The van der Waals surface area contributed by atoms with Gasteiger partial charge in [-0.25, -0.2) is 13.4 Å². The first-order valence-corrected chi connectivity index (χ1v) is 8.83. The molecule has 0 bridgehead atoms. The highest BCUT2D eigenvalue weighted by atomic mass is 79.9. The van der Waals surface area contributed by atoms with Gasteiger partial charge in [0.15, 0.2) is 0 Å². The van der Waals surface area contributed by atoms with Gasteiger partial charge in [0.25, 0.3) is 9.05 Å². The number of halogens is 2. The summed E-state index contributed by atoms with van der Waals surface area (Å²) < 4.78 is 30.5. The molecule has 0 fully saturated rings. The van der Waals surface area contributed by atoms with Crippen LogP contribution in [0.4, 0.5) is 0 Å². The molecule has 0 saturated carbocycles. The molecule has 1 aromatic carbocycles. The Balaban J connectivity index is 2.02. The summed E-state index contributed by atoms with van der Waals surface area (Å²) in [6, 6.07) is 4.39. The average molecular weight is 380 g/mol. The second-order valence-electron chi connectivity index (χ2n) is 4.05. The van der Waals surface area contributed by atoms with Crippen LogP contribution in [-0.2, 0) is 15.6 Å². The van der Waals surface area contributed by atoms with Gasteiger partial charge in [0.05, 0.1) is 15.9 Å². The maximum Gasteiger partial charge on any atom is 0.261 e. The summed E-state index contributed by atoms with van der Waals surface area (Å²) in [6.07, 6.45) is 3.60. The molecule has 0 atom stereocenters. The summed E-state index contributed by atoms with van der Waals surface area (Å²) in [6.45, 7) is 3.02. The number of aromatic nitrogens is 2. The number of rotatable bonds is 5. The molecule has 8 heteroatoms. The fourth-order valence-electron chi connectivity index (χ4n) is 1.64. The van der Waals surface area contributed by atoms with Crippen LogP contribution in [0, 0.1) is 6.92 Å². The molecule has 5 nitrogen and oxygen atoms in total.